The van der Waals surface area contributed by atoms with Crippen LogP contribution < -0.4 is 15.8 Å². The summed E-state index contributed by atoms with van der Waals surface area (Å²) >= 11 is 0. The number of aryl methyl sites for hydroxylation is 1. The Balaban J connectivity index is 1.04. The predicted molar refractivity (Wildman–Crippen MR) is 324 cm³/mol. The molecule has 2 bridgehead atoms. The van der Waals surface area contributed by atoms with E-state index in [1.54, 1.807) is 11.1 Å². The summed E-state index contributed by atoms with van der Waals surface area (Å²) in [6, 6.07) is 57.4. The van der Waals surface area contributed by atoms with Crippen LogP contribution in [0.4, 0.5) is 17.3 Å². The van der Waals surface area contributed by atoms with Crippen LogP contribution >= 0.6 is 0 Å². The van der Waals surface area contributed by atoms with Gasteiger partial charge in [0.25, 0.3) is 0 Å². The lowest BCUT2D eigenvalue weighted by molar-refractivity contribution is 0.162. The minimum atomic E-state index is -0.255. The molecule has 0 amide bonds. The summed E-state index contributed by atoms with van der Waals surface area (Å²) in [5.41, 5.74) is 25.7. The van der Waals surface area contributed by atoms with Crippen LogP contribution in [0.1, 0.15) is 127 Å². The number of furan rings is 1. The van der Waals surface area contributed by atoms with E-state index < -0.39 is 0 Å². The van der Waals surface area contributed by atoms with E-state index in [-0.39, 0.29) is 23.1 Å². The Hall–Kier alpha value is -7.04. The standard InChI is InChI=1S/C73H67BN2O/c1-7-8-16-43-23-27-61(54(31-43)44-17-10-9-11-18-44)75-63-38-56-53-21-14-15-22-60(53)71(3,4)66(56)65-59-37-52(73(6)39-48-24-25-49(40-73)42(48)2)36-57-55-35-51(72(5)30-29-47-32-50(47)41-72)26-28-62(55)76(69(57)59)74(68(63)65)67-58-33-45-19-12-13-20-46(45)34-64(58)77-70(67)75/h9-15,17-23,26-29,31,33-38,42,48-50H,7-8,16,24-25,30,32,39-41H2,1-6H3. The van der Waals surface area contributed by atoms with Crippen molar-refractivity contribution >= 4 is 78.6 Å². The molecule has 4 heterocycles. The van der Waals surface area contributed by atoms with Crippen LogP contribution in [0.2, 0.25) is 0 Å². The Morgan fingerprint density at radius 2 is 1.40 bits per heavy atom. The molecule has 4 heteroatoms. The Morgan fingerprint density at radius 1 is 0.636 bits per heavy atom. The highest BCUT2D eigenvalue weighted by Crippen LogP contribution is 2.61. The smallest absolute Gasteiger partial charge is 0.337 e. The van der Waals surface area contributed by atoms with Gasteiger partial charge in [-0.1, -0.05) is 151 Å². The number of allylic oxidation sites excluding steroid dienone is 2. The first kappa shape index (κ1) is 45.0. The van der Waals surface area contributed by atoms with E-state index in [1.165, 1.54) is 149 Å². The van der Waals surface area contributed by atoms with Crippen molar-refractivity contribution in [1.29, 1.82) is 0 Å². The van der Waals surface area contributed by atoms with Gasteiger partial charge < -0.3 is 8.90 Å². The lowest BCUT2D eigenvalue weighted by Gasteiger charge is -2.43. The van der Waals surface area contributed by atoms with E-state index in [4.69, 9.17) is 4.42 Å². The van der Waals surface area contributed by atoms with Crippen LogP contribution in [-0.4, -0.2) is 11.3 Å². The molecule has 4 unspecified atom stereocenters. The van der Waals surface area contributed by atoms with Gasteiger partial charge in [-0.25, -0.2) is 0 Å². The highest BCUT2D eigenvalue weighted by molar-refractivity contribution is 6.91. The summed E-state index contributed by atoms with van der Waals surface area (Å²) in [6.07, 6.45) is 14.9. The molecule has 0 spiro atoms. The van der Waals surface area contributed by atoms with Gasteiger partial charge in [-0.05, 0) is 213 Å². The predicted octanol–water partition coefficient (Wildman–Crippen LogP) is 18.1. The molecule has 5 aliphatic carbocycles. The molecule has 2 aromatic heterocycles. The van der Waals surface area contributed by atoms with Gasteiger partial charge in [0.15, 0.2) is 0 Å². The maximum absolute atomic E-state index is 7.69. The fourth-order valence-electron chi connectivity index (χ4n) is 17.5. The van der Waals surface area contributed by atoms with Crippen LogP contribution in [0, 0.1) is 23.7 Å². The number of anilines is 3. The number of hydrogen-bond donors (Lipinski definition) is 0. The number of nitrogens with zero attached hydrogens (tertiary/aromatic N) is 2. The number of unbranched alkanes of at least 4 members (excludes halogenated alkanes) is 1. The lowest BCUT2D eigenvalue weighted by atomic mass is 9.44. The highest BCUT2D eigenvalue weighted by atomic mass is 16.4. The quantitative estimate of drug-likeness (QED) is 0.117. The molecule has 4 atom stereocenters. The van der Waals surface area contributed by atoms with Gasteiger partial charge in [0.2, 0.25) is 5.88 Å². The van der Waals surface area contributed by atoms with Crippen molar-refractivity contribution in [3.8, 4) is 33.4 Å². The molecule has 3 saturated carbocycles. The average molecular weight is 999 g/mol. The summed E-state index contributed by atoms with van der Waals surface area (Å²) in [7, 11) is 0. The molecule has 7 aliphatic rings. The Kier molecular flexibility index (Phi) is 9.11. The van der Waals surface area contributed by atoms with Crippen LogP contribution in [-0.2, 0) is 22.7 Å². The number of benzene rings is 8. The van der Waals surface area contributed by atoms with Gasteiger partial charge in [0.05, 0.1) is 5.69 Å². The molecule has 0 saturated heterocycles. The van der Waals surface area contributed by atoms with Crippen LogP contribution in [0.25, 0.3) is 76.9 Å². The molecule has 77 heavy (non-hydrogen) atoms. The second kappa shape index (κ2) is 15.6. The minimum Gasteiger partial charge on any atom is -0.440 e. The molecular formula is C73H67BN2O. The van der Waals surface area contributed by atoms with Crippen molar-refractivity contribution in [2.75, 3.05) is 4.90 Å². The van der Waals surface area contributed by atoms with Crippen molar-refractivity contribution in [3.05, 3.63) is 185 Å². The molecule has 10 aromatic rings. The van der Waals surface area contributed by atoms with Crippen LogP contribution in [0.15, 0.2) is 162 Å². The van der Waals surface area contributed by atoms with Gasteiger partial charge in [0, 0.05) is 54.9 Å². The lowest BCUT2D eigenvalue weighted by Crippen LogP contribution is -2.56. The van der Waals surface area contributed by atoms with Crippen molar-refractivity contribution in [2.24, 2.45) is 23.7 Å². The first-order valence-corrected chi connectivity index (χ1v) is 29.5. The van der Waals surface area contributed by atoms with E-state index in [0.717, 1.165) is 66.5 Å². The van der Waals surface area contributed by atoms with E-state index >= 15 is 0 Å². The van der Waals surface area contributed by atoms with E-state index in [2.05, 4.69) is 203 Å². The SMILES string of the molecule is CCCCc1ccc(N2c3cc4c(c5c3B(c3c2oc2cc6ccccc6cc32)n2c3ccc(C6(C)CC=C7CC7C6)cc3c3cc(C6(C)CC7CCC(C6)C7C)cc-5c32)C(C)(C)c2ccccc2-4)c(-c2ccccc2)c1. The van der Waals surface area contributed by atoms with Crippen molar-refractivity contribution in [3.63, 3.8) is 0 Å². The molecule has 0 N–H and O–H groups in total. The van der Waals surface area contributed by atoms with Gasteiger partial charge in [-0.3, -0.25) is 4.90 Å². The topological polar surface area (TPSA) is 21.3 Å². The molecule has 2 aliphatic heterocycles. The molecule has 3 nitrogen and oxygen atoms in total. The number of aromatic nitrogens is 1. The Morgan fingerprint density at radius 3 is 2.21 bits per heavy atom. The molecular weight excluding hydrogens is 932 g/mol. The van der Waals surface area contributed by atoms with Crippen LogP contribution in [0.3, 0.4) is 0 Å². The van der Waals surface area contributed by atoms with E-state index in [0.29, 0.717) is 0 Å². The normalized spacial score (nSPS) is 24.8. The number of fused-ring (bicyclic) bond motifs is 17. The number of rotatable bonds is 7. The zero-order valence-electron chi connectivity index (χ0n) is 45.7. The maximum atomic E-state index is 7.69. The molecule has 3 fully saturated rings. The average Bonchev–Trinajstić information content (AvgIpc) is 2.83. The molecule has 8 aromatic carbocycles. The Labute approximate surface area is 454 Å². The van der Waals surface area contributed by atoms with Crippen molar-refractivity contribution in [1.82, 2.24) is 4.48 Å². The first-order chi connectivity index (χ1) is 37.5. The Bertz CT molecular complexity index is 4250. The van der Waals surface area contributed by atoms with Crippen molar-refractivity contribution < 1.29 is 4.42 Å². The molecule has 378 valence electrons. The third-order valence-electron chi connectivity index (χ3n) is 21.6. The zero-order valence-corrected chi connectivity index (χ0v) is 45.7. The van der Waals surface area contributed by atoms with Gasteiger partial charge in [0.1, 0.15) is 5.58 Å². The summed E-state index contributed by atoms with van der Waals surface area (Å²) in [4.78, 5) is 2.59. The molecule has 0 radical (unpaired) electrons. The summed E-state index contributed by atoms with van der Waals surface area (Å²) in [6.45, 7) is 15.0. The fraction of sp³-hybridized carbons (Fsp3) is 0.315. The van der Waals surface area contributed by atoms with E-state index in [1.807, 2.05) is 0 Å². The highest BCUT2D eigenvalue weighted by Gasteiger charge is 2.52. The summed E-state index contributed by atoms with van der Waals surface area (Å²) < 4.78 is 10.5. The van der Waals surface area contributed by atoms with E-state index in [9.17, 15) is 0 Å². The van der Waals surface area contributed by atoms with Gasteiger partial charge in [-0.2, -0.15) is 0 Å². The third-order valence-corrected chi connectivity index (χ3v) is 21.6. The summed E-state index contributed by atoms with van der Waals surface area (Å²) in [5, 5.41) is 6.47. The third kappa shape index (κ3) is 6.11. The largest absolute Gasteiger partial charge is 0.440 e. The fourth-order valence-corrected chi connectivity index (χ4v) is 17.5. The van der Waals surface area contributed by atoms with Gasteiger partial charge in [-0.15, -0.1) is 0 Å². The monoisotopic (exact) mass is 999 g/mol. The minimum absolute atomic E-state index is 0.0794. The second-order valence-electron chi connectivity index (χ2n) is 26.4. The zero-order chi connectivity index (χ0) is 51.4. The van der Waals surface area contributed by atoms with Crippen LogP contribution in [0.5, 0.6) is 0 Å². The van der Waals surface area contributed by atoms with Crippen molar-refractivity contribution in [2.45, 2.75) is 122 Å². The first-order valence-electron chi connectivity index (χ1n) is 29.5. The number of hydrogen-bond acceptors (Lipinski definition) is 2. The van der Waals surface area contributed by atoms with Gasteiger partial charge >= 0.3 is 6.85 Å². The molecule has 17 rings (SSSR count). The summed E-state index contributed by atoms with van der Waals surface area (Å²) in [5.74, 6) is 4.04. The second-order valence-corrected chi connectivity index (χ2v) is 26.4. The maximum Gasteiger partial charge on any atom is 0.337 e.